The Labute approximate surface area is 271 Å². The van der Waals surface area contributed by atoms with E-state index in [2.05, 4.69) is 145 Å². The molecule has 11 rings (SSSR count). The molecule has 0 saturated carbocycles. The molecule has 0 amide bonds. The second-order valence-corrected chi connectivity index (χ2v) is 13.3. The van der Waals surface area contributed by atoms with Crippen molar-refractivity contribution in [2.75, 3.05) is 4.90 Å². The van der Waals surface area contributed by atoms with Gasteiger partial charge in [0.2, 0.25) is 0 Å². The smallest absolute Gasteiger partial charge is 0.176 e. The summed E-state index contributed by atoms with van der Waals surface area (Å²) < 4.78 is 15.9. The van der Waals surface area contributed by atoms with Crippen molar-refractivity contribution in [2.24, 2.45) is 0 Å². The maximum Gasteiger partial charge on any atom is 0.176 e. The Kier molecular flexibility index (Phi) is 4.63. The SMILES string of the molecule is CC1(C)c2ccccc2-c2cccc(N(c3ccc4c5cccc6c5n5c4c3Oc3cccc(c3-5)O6)c3cccc4ccccc34)c21. The minimum atomic E-state index is -0.211. The second-order valence-electron chi connectivity index (χ2n) is 13.3. The standard InChI is InChI=1S/C43H28N2O2/c1-43(2)31-17-6-5-14-27(31)28-15-8-19-33(38(28)43)44(32-18-7-12-25-11-3-4-13-26(25)32)34-24-23-30-29-16-9-20-35-39(29)45-40(30)42(34)47-37-22-10-21-36(46-35)41(37)45/h3-24H,1-2H3. The number of rotatable bonds is 3. The van der Waals surface area contributed by atoms with Gasteiger partial charge in [-0.2, -0.15) is 0 Å². The molecular weight excluding hydrogens is 576 g/mol. The van der Waals surface area contributed by atoms with Gasteiger partial charge < -0.3 is 14.4 Å². The zero-order valence-corrected chi connectivity index (χ0v) is 25.9. The van der Waals surface area contributed by atoms with E-state index in [9.17, 15) is 0 Å². The van der Waals surface area contributed by atoms with Crippen LogP contribution in [-0.2, 0) is 5.41 Å². The van der Waals surface area contributed by atoms with Gasteiger partial charge in [0.25, 0.3) is 0 Å². The minimum Gasteiger partial charge on any atom is -0.453 e. The van der Waals surface area contributed by atoms with Crippen molar-refractivity contribution in [1.29, 1.82) is 0 Å². The van der Waals surface area contributed by atoms with Crippen molar-refractivity contribution in [3.05, 3.63) is 145 Å². The number of hydrogen-bond acceptors (Lipinski definition) is 3. The molecule has 7 aromatic carbocycles. The quantitative estimate of drug-likeness (QED) is 0.201. The Hall–Kier alpha value is -6.00. The van der Waals surface area contributed by atoms with Gasteiger partial charge in [-0.15, -0.1) is 0 Å². The minimum absolute atomic E-state index is 0.211. The molecule has 0 N–H and O–H groups in total. The van der Waals surface area contributed by atoms with Crippen LogP contribution < -0.4 is 14.4 Å². The molecule has 0 fully saturated rings. The molecule has 8 aromatic rings. The van der Waals surface area contributed by atoms with Gasteiger partial charge in [0.05, 0.1) is 28.1 Å². The number of para-hydroxylation sites is 2. The van der Waals surface area contributed by atoms with E-state index in [-0.39, 0.29) is 5.41 Å². The number of ether oxygens (including phenoxy) is 2. The molecule has 222 valence electrons. The van der Waals surface area contributed by atoms with Crippen molar-refractivity contribution in [3.8, 4) is 39.8 Å². The van der Waals surface area contributed by atoms with Crippen LogP contribution in [0, 0.1) is 0 Å². The molecule has 0 spiro atoms. The predicted octanol–water partition coefficient (Wildman–Crippen LogP) is 11.9. The molecule has 4 heteroatoms. The fraction of sp³-hybridized carbons (Fsp3) is 0.0698. The van der Waals surface area contributed by atoms with Crippen molar-refractivity contribution in [1.82, 2.24) is 4.57 Å². The maximum absolute atomic E-state index is 7.05. The maximum atomic E-state index is 7.05. The Balaban J connectivity index is 1.29. The molecule has 4 nitrogen and oxygen atoms in total. The van der Waals surface area contributed by atoms with Crippen molar-refractivity contribution in [2.45, 2.75) is 19.3 Å². The number of benzene rings is 7. The predicted molar refractivity (Wildman–Crippen MR) is 191 cm³/mol. The Morgan fingerprint density at radius 2 is 1.17 bits per heavy atom. The third-order valence-electron chi connectivity index (χ3n) is 10.5. The van der Waals surface area contributed by atoms with Crippen LogP contribution >= 0.6 is 0 Å². The van der Waals surface area contributed by atoms with E-state index >= 15 is 0 Å². The van der Waals surface area contributed by atoms with Gasteiger partial charge in [0.1, 0.15) is 5.69 Å². The topological polar surface area (TPSA) is 26.6 Å². The highest BCUT2D eigenvalue weighted by Gasteiger charge is 2.40. The normalized spacial score (nSPS) is 14.3. The zero-order valence-electron chi connectivity index (χ0n) is 25.9. The van der Waals surface area contributed by atoms with E-state index in [0.717, 1.165) is 67.6 Å². The highest BCUT2D eigenvalue weighted by molar-refractivity contribution is 6.17. The van der Waals surface area contributed by atoms with Crippen LogP contribution in [0.15, 0.2) is 133 Å². The van der Waals surface area contributed by atoms with Gasteiger partial charge in [-0.05, 0) is 70.1 Å². The third kappa shape index (κ3) is 3.08. The van der Waals surface area contributed by atoms with Gasteiger partial charge in [-0.25, -0.2) is 0 Å². The summed E-state index contributed by atoms with van der Waals surface area (Å²) in [6.07, 6.45) is 0. The van der Waals surface area contributed by atoms with E-state index < -0.39 is 0 Å². The molecular formula is C43H28N2O2. The third-order valence-corrected chi connectivity index (χ3v) is 10.5. The van der Waals surface area contributed by atoms with E-state index in [0.29, 0.717) is 0 Å². The summed E-state index contributed by atoms with van der Waals surface area (Å²) in [7, 11) is 0. The average molecular weight is 605 g/mol. The highest BCUT2D eigenvalue weighted by Crippen LogP contribution is 2.59. The van der Waals surface area contributed by atoms with Gasteiger partial charge in [-0.1, -0.05) is 105 Å². The summed E-state index contributed by atoms with van der Waals surface area (Å²) in [6, 6.07) is 47.8. The molecule has 47 heavy (non-hydrogen) atoms. The molecule has 0 saturated heterocycles. The lowest BCUT2D eigenvalue weighted by atomic mass is 9.81. The molecule has 0 bridgehead atoms. The molecule has 2 aliphatic heterocycles. The first-order valence-electron chi connectivity index (χ1n) is 16.2. The number of anilines is 3. The Bertz CT molecular complexity index is 2680. The number of fused-ring (bicyclic) bond motifs is 5. The molecule has 1 aromatic heterocycles. The Morgan fingerprint density at radius 3 is 2.11 bits per heavy atom. The van der Waals surface area contributed by atoms with Crippen LogP contribution in [0.2, 0.25) is 0 Å². The van der Waals surface area contributed by atoms with Gasteiger partial charge in [0, 0.05) is 21.6 Å². The molecule has 0 radical (unpaired) electrons. The molecule has 3 heterocycles. The monoisotopic (exact) mass is 604 g/mol. The van der Waals surface area contributed by atoms with E-state index in [1.165, 1.54) is 33.0 Å². The Morgan fingerprint density at radius 1 is 0.511 bits per heavy atom. The lowest BCUT2D eigenvalue weighted by Gasteiger charge is -2.35. The van der Waals surface area contributed by atoms with Crippen LogP contribution in [-0.4, -0.2) is 4.57 Å². The first-order valence-corrected chi connectivity index (χ1v) is 16.2. The first-order chi connectivity index (χ1) is 23.1. The van der Waals surface area contributed by atoms with Crippen molar-refractivity contribution < 1.29 is 9.47 Å². The lowest BCUT2D eigenvalue weighted by molar-refractivity contribution is 0.444. The van der Waals surface area contributed by atoms with Crippen molar-refractivity contribution in [3.63, 3.8) is 0 Å². The van der Waals surface area contributed by atoms with Crippen LogP contribution in [0.1, 0.15) is 25.0 Å². The molecule has 3 aliphatic rings. The zero-order chi connectivity index (χ0) is 31.0. The molecule has 0 atom stereocenters. The summed E-state index contributed by atoms with van der Waals surface area (Å²) >= 11 is 0. The summed E-state index contributed by atoms with van der Waals surface area (Å²) in [5.41, 5.74) is 11.4. The lowest BCUT2D eigenvalue weighted by Crippen LogP contribution is -2.21. The molecule has 1 aliphatic carbocycles. The van der Waals surface area contributed by atoms with Crippen LogP contribution in [0.25, 0.3) is 49.4 Å². The van der Waals surface area contributed by atoms with Gasteiger partial charge in [-0.3, -0.25) is 4.57 Å². The van der Waals surface area contributed by atoms with E-state index in [1.807, 2.05) is 12.1 Å². The van der Waals surface area contributed by atoms with E-state index in [4.69, 9.17) is 9.47 Å². The van der Waals surface area contributed by atoms with E-state index in [1.54, 1.807) is 0 Å². The summed E-state index contributed by atoms with van der Waals surface area (Å²) in [4.78, 5) is 2.45. The first kappa shape index (κ1) is 25.2. The number of hydrogen-bond donors (Lipinski definition) is 0. The molecule has 0 unspecified atom stereocenters. The summed E-state index contributed by atoms with van der Waals surface area (Å²) in [6.45, 7) is 4.71. The highest BCUT2D eigenvalue weighted by atomic mass is 16.5. The fourth-order valence-corrected chi connectivity index (χ4v) is 8.58. The average Bonchev–Trinajstić information content (AvgIpc) is 3.57. The van der Waals surface area contributed by atoms with Crippen LogP contribution in [0.3, 0.4) is 0 Å². The summed E-state index contributed by atoms with van der Waals surface area (Å²) in [5.74, 6) is 3.31. The summed E-state index contributed by atoms with van der Waals surface area (Å²) in [5, 5.41) is 4.69. The van der Waals surface area contributed by atoms with Crippen LogP contribution in [0.5, 0.6) is 23.0 Å². The number of nitrogens with zero attached hydrogens (tertiary/aromatic N) is 2. The van der Waals surface area contributed by atoms with Crippen LogP contribution in [0.4, 0.5) is 17.1 Å². The van der Waals surface area contributed by atoms with Gasteiger partial charge in [0.15, 0.2) is 23.0 Å². The number of aromatic nitrogens is 1. The van der Waals surface area contributed by atoms with Crippen molar-refractivity contribution >= 4 is 49.6 Å². The fourth-order valence-electron chi connectivity index (χ4n) is 8.58. The van der Waals surface area contributed by atoms with Gasteiger partial charge >= 0.3 is 0 Å². The second kappa shape index (κ2) is 8.62. The largest absolute Gasteiger partial charge is 0.453 e.